The summed E-state index contributed by atoms with van der Waals surface area (Å²) in [4.78, 5) is 23.5. The van der Waals surface area contributed by atoms with E-state index in [4.69, 9.17) is 15.2 Å². The highest BCUT2D eigenvalue weighted by Crippen LogP contribution is 2.10. The van der Waals surface area contributed by atoms with Gasteiger partial charge in [-0.15, -0.1) is 0 Å². The fourth-order valence-electron chi connectivity index (χ4n) is 2.12. The van der Waals surface area contributed by atoms with E-state index in [1.54, 1.807) is 24.3 Å². The molecule has 1 unspecified atom stereocenters. The maximum Gasteiger partial charge on any atom is 0.323 e. The third kappa shape index (κ3) is 6.22. The van der Waals surface area contributed by atoms with E-state index < -0.39 is 12.0 Å². The number of carbonyl (C=O) groups excluding carboxylic acids is 2. The largest absolute Gasteiger partial charge is 0.465 e. The molecule has 0 saturated carbocycles. The molecule has 0 amide bonds. The summed E-state index contributed by atoms with van der Waals surface area (Å²) in [6, 6.07) is 17.6. The topological polar surface area (TPSA) is 78.6 Å². The van der Waals surface area contributed by atoms with Crippen LogP contribution in [0.15, 0.2) is 60.7 Å². The molecule has 1 atom stereocenters. The van der Waals surface area contributed by atoms with Gasteiger partial charge in [0, 0.05) is 6.42 Å². The lowest BCUT2D eigenvalue weighted by Crippen LogP contribution is -2.34. The van der Waals surface area contributed by atoms with Crippen LogP contribution in [0.4, 0.5) is 0 Å². The summed E-state index contributed by atoms with van der Waals surface area (Å²) >= 11 is 0. The lowest BCUT2D eigenvalue weighted by atomic mass is 10.1. The highest BCUT2D eigenvalue weighted by atomic mass is 16.5. The zero-order valence-corrected chi connectivity index (χ0v) is 13.4. The molecule has 5 heteroatoms. The summed E-state index contributed by atoms with van der Waals surface area (Å²) in [5.41, 5.74) is 6.81. The molecule has 0 fully saturated rings. The van der Waals surface area contributed by atoms with Crippen molar-refractivity contribution in [3.05, 3.63) is 66.2 Å². The van der Waals surface area contributed by atoms with E-state index in [0.29, 0.717) is 18.6 Å². The number of hydrogen-bond donors (Lipinski definition) is 1. The van der Waals surface area contributed by atoms with E-state index >= 15 is 0 Å². The molecule has 24 heavy (non-hydrogen) atoms. The van der Waals surface area contributed by atoms with Crippen LogP contribution in [0.5, 0.6) is 5.75 Å². The second kappa shape index (κ2) is 9.47. The van der Waals surface area contributed by atoms with Crippen LogP contribution in [-0.2, 0) is 20.7 Å². The molecule has 2 aromatic carbocycles. The Bertz CT molecular complexity index is 643. The summed E-state index contributed by atoms with van der Waals surface area (Å²) < 4.78 is 10.2. The monoisotopic (exact) mass is 327 g/mol. The van der Waals surface area contributed by atoms with Gasteiger partial charge in [0.05, 0.1) is 6.61 Å². The van der Waals surface area contributed by atoms with Crippen LogP contribution in [0, 0.1) is 0 Å². The van der Waals surface area contributed by atoms with E-state index in [0.717, 1.165) is 5.56 Å². The molecular formula is C19H21NO4. The first kappa shape index (κ1) is 17.7. The number of para-hydroxylation sites is 1. The molecule has 2 aromatic rings. The third-order valence-electron chi connectivity index (χ3n) is 3.35. The molecule has 5 nitrogen and oxygen atoms in total. The van der Waals surface area contributed by atoms with Gasteiger partial charge in [-0.3, -0.25) is 9.59 Å². The van der Waals surface area contributed by atoms with Crippen molar-refractivity contribution < 1.29 is 19.1 Å². The molecule has 2 rings (SSSR count). The molecule has 0 heterocycles. The predicted molar refractivity (Wildman–Crippen MR) is 90.4 cm³/mol. The summed E-state index contributed by atoms with van der Waals surface area (Å²) in [5, 5.41) is 0. The molecule has 0 aliphatic heterocycles. The van der Waals surface area contributed by atoms with Crippen LogP contribution in [0.1, 0.15) is 18.4 Å². The fourth-order valence-corrected chi connectivity index (χ4v) is 2.12. The molecule has 0 aliphatic carbocycles. The number of hydrogen-bond acceptors (Lipinski definition) is 5. The lowest BCUT2D eigenvalue weighted by molar-refractivity contribution is -0.146. The van der Waals surface area contributed by atoms with E-state index in [-0.39, 0.29) is 19.0 Å². The van der Waals surface area contributed by atoms with Gasteiger partial charge >= 0.3 is 11.9 Å². The van der Waals surface area contributed by atoms with Crippen molar-refractivity contribution in [3.8, 4) is 5.75 Å². The van der Waals surface area contributed by atoms with Crippen LogP contribution in [0.2, 0.25) is 0 Å². The standard InChI is InChI=1S/C19H21NO4/c20-17(14-15-8-3-1-4-9-15)19(22)23-13-7-12-18(21)24-16-10-5-2-6-11-16/h1-6,8-11,17H,7,12-14,20H2. The van der Waals surface area contributed by atoms with Gasteiger partial charge in [-0.2, -0.15) is 0 Å². The zero-order chi connectivity index (χ0) is 17.2. The second-order valence-corrected chi connectivity index (χ2v) is 5.35. The zero-order valence-electron chi connectivity index (χ0n) is 13.4. The average molecular weight is 327 g/mol. The normalized spacial score (nSPS) is 11.5. The van der Waals surface area contributed by atoms with Crippen LogP contribution in [0.25, 0.3) is 0 Å². The maximum atomic E-state index is 11.8. The Labute approximate surface area is 141 Å². The summed E-state index contributed by atoms with van der Waals surface area (Å²) in [7, 11) is 0. The average Bonchev–Trinajstić information content (AvgIpc) is 2.60. The van der Waals surface area contributed by atoms with Crippen LogP contribution in [-0.4, -0.2) is 24.6 Å². The molecular weight excluding hydrogens is 306 g/mol. The Morgan fingerprint density at radius 2 is 1.58 bits per heavy atom. The first-order chi connectivity index (χ1) is 11.6. The van der Waals surface area contributed by atoms with Gasteiger partial charge in [-0.25, -0.2) is 0 Å². The molecule has 0 saturated heterocycles. The van der Waals surface area contributed by atoms with Gasteiger partial charge in [0.25, 0.3) is 0 Å². The van der Waals surface area contributed by atoms with Gasteiger partial charge in [-0.05, 0) is 30.5 Å². The Kier molecular flexibility index (Phi) is 6.98. The third-order valence-corrected chi connectivity index (χ3v) is 3.35. The lowest BCUT2D eigenvalue weighted by Gasteiger charge is -2.11. The van der Waals surface area contributed by atoms with Crippen molar-refractivity contribution in [2.24, 2.45) is 5.73 Å². The Morgan fingerprint density at radius 3 is 2.25 bits per heavy atom. The summed E-state index contributed by atoms with van der Waals surface area (Å²) in [6.07, 6.45) is 1.00. The van der Waals surface area contributed by atoms with E-state index in [1.807, 2.05) is 36.4 Å². The van der Waals surface area contributed by atoms with Crippen LogP contribution < -0.4 is 10.5 Å². The number of rotatable bonds is 8. The summed E-state index contributed by atoms with van der Waals surface area (Å²) in [6.45, 7) is 0.144. The minimum Gasteiger partial charge on any atom is -0.465 e. The van der Waals surface area contributed by atoms with E-state index in [9.17, 15) is 9.59 Å². The molecule has 0 spiro atoms. The van der Waals surface area contributed by atoms with Crippen molar-refractivity contribution in [1.29, 1.82) is 0 Å². The molecule has 0 bridgehead atoms. The Morgan fingerprint density at radius 1 is 0.958 bits per heavy atom. The van der Waals surface area contributed by atoms with Crippen molar-refractivity contribution >= 4 is 11.9 Å². The second-order valence-electron chi connectivity index (χ2n) is 5.35. The number of benzene rings is 2. The van der Waals surface area contributed by atoms with Crippen LogP contribution >= 0.6 is 0 Å². The molecule has 2 N–H and O–H groups in total. The molecule has 126 valence electrons. The van der Waals surface area contributed by atoms with Crippen LogP contribution in [0.3, 0.4) is 0 Å². The van der Waals surface area contributed by atoms with Gasteiger partial charge in [0.2, 0.25) is 0 Å². The fraction of sp³-hybridized carbons (Fsp3) is 0.263. The highest BCUT2D eigenvalue weighted by molar-refractivity contribution is 5.76. The highest BCUT2D eigenvalue weighted by Gasteiger charge is 2.15. The Balaban J connectivity index is 1.62. The maximum absolute atomic E-state index is 11.8. The van der Waals surface area contributed by atoms with Crippen molar-refractivity contribution in [1.82, 2.24) is 0 Å². The minimum atomic E-state index is -0.705. The molecule has 0 aromatic heterocycles. The van der Waals surface area contributed by atoms with Crippen molar-refractivity contribution in [2.75, 3.05) is 6.61 Å². The first-order valence-electron chi connectivity index (χ1n) is 7.87. The minimum absolute atomic E-state index is 0.144. The molecule has 0 aliphatic rings. The van der Waals surface area contributed by atoms with E-state index in [2.05, 4.69) is 0 Å². The van der Waals surface area contributed by atoms with Gasteiger partial charge in [-0.1, -0.05) is 48.5 Å². The smallest absolute Gasteiger partial charge is 0.323 e. The first-order valence-corrected chi connectivity index (χ1v) is 7.87. The summed E-state index contributed by atoms with van der Waals surface area (Å²) in [5.74, 6) is -0.314. The van der Waals surface area contributed by atoms with Gasteiger partial charge < -0.3 is 15.2 Å². The predicted octanol–water partition coefficient (Wildman–Crippen LogP) is 2.49. The quantitative estimate of drug-likeness (QED) is 0.458. The van der Waals surface area contributed by atoms with E-state index in [1.165, 1.54) is 0 Å². The van der Waals surface area contributed by atoms with Crippen molar-refractivity contribution in [2.45, 2.75) is 25.3 Å². The number of esters is 2. The molecule has 0 radical (unpaired) electrons. The SMILES string of the molecule is NC(Cc1ccccc1)C(=O)OCCCC(=O)Oc1ccccc1. The Hall–Kier alpha value is -2.66. The van der Waals surface area contributed by atoms with Crippen molar-refractivity contribution in [3.63, 3.8) is 0 Å². The number of nitrogens with two attached hydrogens (primary N) is 1. The number of ether oxygens (including phenoxy) is 2. The van der Waals surface area contributed by atoms with Gasteiger partial charge in [0.1, 0.15) is 11.8 Å². The number of carbonyl (C=O) groups is 2. The van der Waals surface area contributed by atoms with Gasteiger partial charge in [0.15, 0.2) is 0 Å².